The average molecular weight is 570 g/mol. The number of carbonyl (C=O) groups is 2. The van der Waals surface area contributed by atoms with Gasteiger partial charge in [0.1, 0.15) is 12.6 Å². The van der Waals surface area contributed by atoms with Crippen molar-refractivity contribution in [3.8, 4) is 0 Å². The summed E-state index contributed by atoms with van der Waals surface area (Å²) in [6.07, 6.45) is 0. The minimum absolute atomic E-state index is 0.0307. The van der Waals surface area contributed by atoms with Gasteiger partial charge in [-0.1, -0.05) is 46.8 Å². The zero-order valence-electron chi connectivity index (χ0n) is 22.0. The van der Waals surface area contributed by atoms with Crippen LogP contribution in [0.4, 0.5) is 23.0 Å². The van der Waals surface area contributed by atoms with Crippen molar-refractivity contribution >= 4 is 34.7 Å². The van der Waals surface area contributed by atoms with Crippen molar-refractivity contribution in [2.75, 3.05) is 10.6 Å². The van der Waals surface area contributed by atoms with E-state index in [1.54, 1.807) is 60.7 Å². The molecular weight excluding hydrogens is 546 g/mol. The van der Waals surface area contributed by atoms with Crippen LogP contribution in [0.1, 0.15) is 29.7 Å². The molecule has 42 heavy (non-hydrogen) atoms. The van der Waals surface area contributed by atoms with Gasteiger partial charge in [-0.25, -0.2) is 9.59 Å². The molecule has 0 aliphatic rings. The van der Waals surface area contributed by atoms with Crippen LogP contribution < -0.4 is 22.0 Å². The van der Waals surface area contributed by atoms with Crippen LogP contribution in [0, 0.1) is 9.81 Å². The summed E-state index contributed by atoms with van der Waals surface area (Å²) >= 11 is 0. The summed E-state index contributed by atoms with van der Waals surface area (Å²) in [6, 6.07) is 17.2. The Morgan fingerprint density at radius 3 is 2.05 bits per heavy atom. The maximum Gasteiger partial charge on any atom is 0.352 e. The van der Waals surface area contributed by atoms with Gasteiger partial charge in [0.25, 0.3) is 5.91 Å². The first-order valence-corrected chi connectivity index (χ1v) is 12.4. The van der Waals surface area contributed by atoms with Gasteiger partial charge in [0, 0.05) is 11.4 Å². The Balaban J connectivity index is 1.40. The van der Waals surface area contributed by atoms with Gasteiger partial charge in [0.2, 0.25) is 12.0 Å². The molecule has 4 N–H and O–H groups in total. The van der Waals surface area contributed by atoms with Crippen LogP contribution in [0.25, 0.3) is 0 Å². The Labute approximate surface area is 236 Å². The molecule has 4 aromatic rings. The number of ketones is 1. The van der Waals surface area contributed by atoms with E-state index in [0.29, 0.717) is 33.8 Å². The summed E-state index contributed by atoms with van der Waals surface area (Å²) in [6.45, 7) is 1.24. The Kier molecular flexibility index (Phi) is 9.24. The molecule has 1 aromatic heterocycles. The lowest BCUT2D eigenvalue weighted by atomic mass is 9.98. The van der Waals surface area contributed by atoms with E-state index in [9.17, 15) is 29.0 Å². The molecule has 1 heterocycles. The molecular formula is C27H23N9O6. The van der Waals surface area contributed by atoms with Gasteiger partial charge in [0.05, 0.1) is 5.69 Å². The number of nitroso groups, excluding NO2 is 2. The van der Waals surface area contributed by atoms with E-state index in [1.807, 2.05) is 4.98 Å². The predicted octanol–water partition coefficient (Wildman–Crippen LogP) is 4.00. The molecule has 212 valence electrons. The van der Waals surface area contributed by atoms with Crippen LogP contribution in [0.3, 0.4) is 0 Å². The molecule has 15 nitrogen and oxygen atoms in total. The molecule has 3 aromatic carbocycles. The van der Waals surface area contributed by atoms with Gasteiger partial charge in [-0.2, -0.15) is 20.1 Å². The molecule has 0 radical (unpaired) electrons. The summed E-state index contributed by atoms with van der Waals surface area (Å²) in [5.74, 6) is -1.30. The second-order valence-corrected chi connectivity index (χ2v) is 8.89. The average Bonchev–Trinajstić information content (AvgIpc) is 2.96. The third-order valence-corrected chi connectivity index (χ3v) is 5.86. The first-order valence-electron chi connectivity index (χ1n) is 12.4. The van der Waals surface area contributed by atoms with E-state index in [1.165, 1.54) is 19.1 Å². The standard InChI is InChI=1S/C27H23N9O6/c1-15(37)22(24(38)29-19-10-12-20(13-11-19)30-25-31-26(39)33-27(40)32-25)35-34-21-8-6-18(7-9-21)23(36-42)17-4-2-16(3-5-17)14-28-41/h2-13,22-23H,14H2,1H3,(H,29,38)(H3,30,31,32,33,39,40). The summed E-state index contributed by atoms with van der Waals surface area (Å²) in [7, 11) is 0. The molecule has 0 bridgehead atoms. The molecule has 0 saturated carbocycles. The second-order valence-electron chi connectivity index (χ2n) is 8.89. The third-order valence-electron chi connectivity index (χ3n) is 5.86. The highest BCUT2D eigenvalue weighted by atomic mass is 16.3. The summed E-state index contributed by atoms with van der Waals surface area (Å²) in [5.41, 5.74) is 1.56. The minimum atomic E-state index is -1.42. The van der Waals surface area contributed by atoms with Crippen molar-refractivity contribution in [3.05, 3.63) is 120 Å². The van der Waals surface area contributed by atoms with Crippen molar-refractivity contribution in [1.29, 1.82) is 0 Å². The van der Waals surface area contributed by atoms with Gasteiger partial charge in [-0.15, -0.1) is 4.91 Å². The van der Waals surface area contributed by atoms with E-state index >= 15 is 0 Å². The number of Topliss-reactive ketones (excluding diaryl/α,β-unsaturated/α-hetero) is 1. The number of rotatable bonds is 12. The SMILES string of the molecule is CC(=O)C(N=Nc1ccc(C(N=O)c2ccc(CN=O)cc2)cc1)C(=O)Nc1ccc(Nc2nc(=O)[nH]c(=O)[nH]2)cc1. The summed E-state index contributed by atoms with van der Waals surface area (Å²) in [5, 5.41) is 19.3. The van der Waals surface area contributed by atoms with E-state index in [2.05, 4.69) is 41.2 Å². The number of benzene rings is 3. The fraction of sp³-hybridized carbons (Fsp3) is 0.148. The number of H-pyrrole nitrogens is 2. The molecule has 0 fully saturated rings. The third kappa shape index (κ3) is 7.56. The zero-order valence-corrected chi connectivity index (χ0v) is 22.0. The maximum absolute atomic E-state index is 12.8. The number of carbonyl (C=O) groups excluding carboxylic acids is 2. The second kappa shape index (κ2) is 13.4. The highest BCUT2D eigenvalue weighted by Gasteiger charge is 2.23. The summed E-state index contributed by atoms with van der Waals surface area (Å²) in [4.78, 5) is 77.5. The lowest BCUT2D eigenvalue weighted by molar-refractivity contribution is -0.126. The fourth-order valence-electron chi connectivity index (χ4n) is 3.80. The molecule has 0 aliphatic heterocycles. The first kappa shape index (κ1) is 29.0. The van der Waals surface area contributed by atoms with E-state index in [-0.39, 0.29) is 12.5 Å². The monoisotopic (exact) mass is 569 g/mol. The smallest absolute Gasteiger partial charge is 0.326 e. The van der Waals surface area contributed by atoms with E-state index in [0.717, 1.165) is 0 Å². The molecule has 2 unspecified atom stereocenters. The molecule has 15 heteroatoms. The van der Waals surface area contributed by atoms with Crippen LogP contribution in [-0.4, -0.2) is 32.7 Å². The number of aromatic amines is 2. The van der Waals surface area contributed by atoms with Gasteiger partial charge in [-0.05, 0) is 60.0 Å². The maximum atomic E-state index is 12.8. The van der Waals surface area contributed by atoms with Gasteiger partial charge in [0.15, 0.2) is 5.78 Å². The number of aromatic nitrogens is 3. The number of hydrogen-bond acceptors (Lipinski definition) is 12. The number of hydrogen-bond donors (Lipinski definition) is 4. The Morgan fingerprint density at radius 2 is 1.48 bits per heavy atom. The van der Waals surface area contributed by atoms with Crippen LogP contribution in [0.2, 0.25) is 0 Å². The highest BCUT2D eigenvalue weighted by Crippen LogP contribution is 2.28. The first-order chi connectivity index (χ1) is 20.2. The highest BCUT2D eigenvalue weighted by molar-refractivity contribution is 6.10. The van der Waals surface area contributed by atoms with Gasteiger partial charge < -0.3 is 10.6 Å². The number of anilines is 3. The zero-order chi connectivity index (χ0) is 30.1. The van der Waals surface area contributed by atoms with Crippen LogP contribution in [0.15, 0.2) is 103 Å². The lowest BCUT2D eigenvalue weighted by Gasteiger charge is -2.11. The van der Waals surface area contributed by atoms with Crippen LogP contribution in [-0.2, 0) is 16.1 Å². The summed E-state index contributed by atoms with van der Waals surface area (Å²) < 4.78 is 0. The van der Waals surface area contributed by atoms with Crippen molar-refractivity contribution in [1.82, 2.24) is 15.0 Å². The molecule has 4 rings (SSSR count). The number of nitrogens with one attached hydrogen (secondary N) is 4. The van der Waals surface area contributed by atoms with E-state index < -0.39 is 35.2 Å². The van der Waals surface area contributed by atoms with Crippen molar-refractivity contribution in [2.45, 2.75) is 25.6 Å². The quantitative estimate of drug-likeness (QED) is 0.111. The Hall–Kier alpha value is -5.99. The predicted molar refractivity (Wildman–Crippen MR) is 153 cm³/mol. The largest absolute Gasteiger partial charge is 0.352 e. The van der Waals surface area contributed by atoms with Crippen molar-refractivity contribution < 1.29 is 9.59 Å². The van der Waals surface area contributed by atoms with Crippen molar-refractivity contribution in [2.24, 2.45) is 20.6 Å². The molecule has 0 saturated heterocycles. The number of nitrogens with zero attached hydrogens (tertiary/aromatic N) is 5. The molecule has 2 atom stereocenters. The van der Waals surface area contributed by atoms with Crippen LogP contribution in [0.5, 0.6) is 0 Å². The van der Waals surface area contributed by atoms with Crippen molar-refractivity contribution in [3.63, 3.8) is 0 Å². The Morgan fingerprint density at radius 1 is 0.857 bits per heavy atom. The Bertz CT molecular complexity index is 1700. The van der Waals surface area contributed by atoms with Gasteiger partial charge in [-0.3, -0.25) is 19.6 Å². The topological polar surface area (TPSA) is 220 Å². The number of amides is 1. The minimum Gasteiger partial charge on any atom is -0.326 e. The van der Waals surface area contributed by atoms with Gasteiger partial charge >= 0.3 is 11.4 Å². The molecule has 1 amide bonds. The number of azo groups is 1. The van der Waals surface area contributed by atoms with E-state index in [4.69, 9.17) is 0 Å². The molecule has 0 spiro atoms. The fourth-order valence-corrected chi connectivity index (χ4v) is 3.80. The molecule has 0 aliphatic carbocycles. The lowest BCUT2D eigenvalue weighted by Crippen LogP contribution is -2.31. The van der Waals surface area contributed by atoms with Crippen LogP contribution >= 0.6 is 0 Å². The normalized spacial score (nSPS) is 12.3.